The van der Waals surface area contributed by atoms with Crippen LogP contribution < -0.4 is 0 Å². The van der Waals surface area contributed by atoms with Crippen molar-refractivity contribution in [2.24, 2.45) is 0 Å². The summed E-state index contributed by atoms with van der Waals surface area (Å²) in [6.45, 7) is 4.68. The summed E-state index contributed by atoms with van der Waals surface area (Å²) >= 11 is 0. The van der Waals surface area contributed by atoms with E-state index in [9.17, 15) is 13.2 Å². The summed E-state index contributed by atoms with van der Waals surface area (Å²) in [4.78, 5) is 17.0. The second-order valence-electron chi connectivity index (χ2n) is 9.33. The summed E-state index contributed by atoms with van der Waals surface area (Å²) in [5, 5.41) is 4.82. The van der Waals surface area contributed by atoms with Crippen LogP contribution in [-0.2, 0) is 14.6 Å². The van der Waals surface area contributed by atoms with E-state index in [1.165, 1.54) is 5.56 Å². The van der Waals surface area contributed by atoms with E-state index in [0.717, 1.165) is 22.5 Å². The minimum absolute atomic E-state index is 0.0361. The van der Waals surface area contributed by atoms with Gasteiger partial charge in [-0.05, 0) is 31.6 Å². The van der Waals surface area contributed by atoms with Crippen LogP contribution in [0.15, 0.2) is 66.9 Å². The number of carbonyl (C=O) groups excluding carboxylic acids is 1. The highest BCUT2D eigenvalue weighted by Crippen LogP contribution is 2.26. The zero-order valence-corrected chi connectivity index (χ0v) is 20.7. The van der Waals surface area contributed by atoms with Crippen LogP contribution in [0.3, 0.4) is 0 Å². The number of aryl methyl sites for hydroxylation is 1. The highest BCUT2D eigenvalue weighted by molar-refractivity contribution is 7.91. The van der Waals surface area contributed by atoms with Gasteiger partial charge in [-0.1, -0.05) is 48.0 Å². The first-order valence-corrected chi connectivity index (χ1v) is 13.8. The molecule has 2 saturated heterocycles. The molecule has 182 valence electrons. The van der Waals surface area contributed by atoms with Gasteiger partial charge in [0.05, 0.1) is 22.9 Å². The number of piperazine rings is 1. The van der Waals surface area contributed by atoms with Crippen molar-refractivity contribution in [3.05, 3.63) is 78.0 Å². The van der Waals surface area contributed by atoms with Gasteiger partial charge in [0.1, 0.15) is 0 Å². The second-order valence-corrected chi connectivity index (χ2v) is 11.6. The van der Waals surface area contributed by atoms with Crippen LogP contribution in [0.1, 0.15) is 17.5 Å². The van der Waals surface area contributed by atoms with E-state index in [1.807, 2.05) is 52.2 Å². The van der Waals surface area contributed by atoms with E-state index in [1.54, 1.807) is 6.08 Å². The van der Waals surface area contributed by atoms with Crippen molar-refractivity contribution < 1.29 is 13.2 Å². The Bertz CT molecular complexity index is 1320. The molecule has 1 atom stereocenters. The highest BCUT2D eigenvalue weighted by atomic mass is 32.2. The molecule has 3 heterocycles. The topological polar surface area (TPSA) is 75.5 Å². The molecule has 2 aromatic carbocycles. The molecular formula is C27H30N4O3S. The molecule has 1 amide bonds. The van der Waals surface area contributed by atoms with Crippen molar-refractivity contribution in [1.82, 2.24) is 19.6 Å². The first-order valence-electron chi connectivity index (χ1n) is 12.0. The van der Waals surface area contributed by atoms with Crippen LogP contribution in [0.5, 0.6) is 0 Å². The normalized spacial score (nSPS) is 20.5. The van der Waals surface area contributed by atoms with Crippen LogP contribution in [0.4, 0.5) is 0 Å². The minimum Gasteiger partial charge on any atom is -0.337 e. The van der Waals surface area contributed by atoms with Gasteiger partial charge in [-0.15, -0.1) is 0 Å². The lowest BCUT2D eigenvalue weighted by atomic mass is 10.1. The lowest BCUT2D eigenvalue weighted by Gasteiger charge is -2.37. The van der Waals surface area contributed by atoms with Gasteiger partial charge in [-0.3, -0.25) is 9.69 Å². The summed E-state index contributed by atoms with van der Waals surface area (Å²) in [6.07, 6.45) is 6.12. The predicted octanol–water partition coefficient (Wildman–Crippen LogP) is 3.19. The first-order chi connectivity index (χ1) is 16.9. The van der Waals surface area contributed by atoms with Gasteiger partial charge in [0.25, 0.3) is 0 Å². The SMILES string of the molecule is Cc1ccc(-c2nn(-c3ccccc3)cc2/C=C/C(=O)N2CCN(C3CCS(=O)(=O)C3)CC2)cc1. The average molecular weight is 491 g/mol. The zero-order valence-electron chi connectivity index (χ0n) is 19.9. The van der Waals surface area contributed by atoms with Crippen molar-refractivity contribution in [3.8, 4) is 16.9 Å². The number of hydrogen-bond donors (Lipinski definition) is 0. The number of amides is 1. The fourth-order valence-electron chi connectivity index (χ4n) is 4.80. The third kappa shape index (κ3) is 5.39. The van der Waals surface area contributed by atoms with Crippen molar-refractivity contribution in [2.45, 2.75) is 19.4 Å². The number of para-hydroxylation sites is 1. The molecule has 2 fully saturated rings. The Morgan fingerprint density at radius 1 is 1.00 bits per heavy atom. The van der Waals surface area contributed by atoms with Crippen LogP contribution in [-0.4, -0.2) is 77.6 Å². The zero-order chi connectivity index (χ0) is 24.4. The van der Waals surface area contributed by atoms with Gasteiger partial charge >= 0.3 is 0 Å². The highest BCUT2D eigenvalue weighted by Gasteiger charge is 2.34. The van der Waals surface area contributed by atoms with Gasteiger partial charge in [-0.2, -0.15) is 5.10 Å². The molecule has 8 heteroatoms. The van der Waals surface area contributed by atoms with E-state index in [4.69, 9.17) is 5.10 Å². The van der Waals surface area contributed by atoms with Gasteiger partial charge in [0, 0.05) is 55.6 Å². The quantitative estimate of drug-likeness (QED) is 0.514. The molecular weight excluding hydrogens is 460 g/mol. The van der Waals surface area contributed by atoms with Crippen molar-refractivity contribution in [1.29, 1.82) is 0 Å². The molecule has 2 aliphatic rings. The van der Waals surface area contributed by atoms with E-state index < -0.39 is 9.84 Å². The lowest BCUT2D eigenvalue weighted by Crippen LogP contribution is -2.52. The number of benzene rings is 2. The van der Waals surface area contributed by atoms with Gasteiger partial charge in [-0.25, -0.2) is 13.1 Å². The summed E-state index contributed by atoms with van der Waals surface area (Å²) in [7, 11) is -2.90. The Hall–Kier alpha value is -3.23. The molecule has 5 rings (SSSR count). The molecule has 3 aromatic rings. The first kappa shape index (κ1) is 23.5. The van der Waals surface area contributed by atoms with E-state index in [-0.39, 0.29) is 23.5 Å². The molecule has 0 N–H and O–H groups in total. The maximum atomic E-state index is 13.0. The molecule has 0 radical (unpaired) electrons. The molecule has 0 aliphatic carbocycles. The third-order valence-electron chi connectivity index (χ3n) is 6.84. The van der Waals surface area contributed by atoms with Crippen molar-refractivity contribution in [3.63, 3.8) is 0 Å². The monoisotopic (exact) mass is 490 g/mol. The predicted molar refractivity (Wildman–Crippen MR) is 138 cm³/mol. The third-order valence-corrected chi connectivity index (χ3v) is 8.59. The Balaban J connectivity index is 1.31. The van der Waals surface area contributed by atoms with Crippen LogP contribution in [0.25, 0.3) is 23.0 Å². The molecule has 1 aromatic heterocycles. The van der Waals surface area contributed by atoms with E-state index >= 15 is 0 Å². The lowest BCUT2D eigenvalue weighted by molar-refractivity contribution is -0.127. The Morgan fingerprint density at radius 2 is 1.71 bits per heavy atom. The Morgan fingerprint density at radius 3 is 2.37 bits per heavy atom. The maximum Gasteiger partial charge on any atom is 0.246 e. The number of hydrogen-bond acceptors (Lipinski definition) is 5. The van der Waals surface area contributed by atoms with Crippen molar-refractivity contribution in [2.75, 3.05) is 37.7 Å². The maximum absolute atomic E-state index is 13.0. The Kier molecular flexibility index (Phi) is 6.58. The molecule has 2 aliphatic heterocycles. The second kappa shape index (κ2) is 9.79. The fourth-order valence-corrected chi connectivity index (χ4v) is 6.56. The number of rotatable bonds is 5. The molecule has 0 bridgehead atoms. The van der Waals surface area contributed by atoms with Gasteiger partial charge in [0.15, 0.2) is 9.84 Å². The van der Waals surface area contributed by atoms with Crippen LogP contribution in [0, 0.1) is 6.92 Å². The van der Waals surface area contributed by atoms with Crippen LogP contribution in [0.2, 0.25) is 0 Å². The molecule has 0 saturated carbocycles. The number of nitrogens with zero attached hydrogens (tertiary/aromatic N) is 4. The molecule has 0 spiro atoms. The summed E-state index contributed by atoms with van der Waals surface area (Å²) in [5.74, 6) is 0.485. The largest absolute Gasteiger partial charge is 0.337 e. The van der Waals surface area contributed by atoms with E-state index in [2.05, 4.69) is 36.1 Å². The summed E-state index contributed by atoms with van der Waals surface area (Å²) in [6, 6.07) is 18.2. The molecule has 35 heavy (non-hydrogen) atoms. The molecule has 7 nitrogen and oxygen atoms in total. The standard InChI is InChI=1S/C27H30N4O3S/c1-21-7-9-22(10-8-21)27-23(19-31(28-27)24-5-3-2-4-6-24)11-12-26(32)30-16-14-29(15-17-30)25-13-18-35(33,34)20-25/h2-12,19,25H,13-18,20H2,1H3/b12-11+. The summed E-state index contributed by atoms with van der Waals surface area (Å²) in [5.41, 5.74) is 4.83. The minimum atomic E-state index is -2.90. The van der Waals surface area contributed by atoms with E-state index in [0.29, 0.717) is 32.6 Å². The van der Waals surface area contributed by atoms with Crippen molar-refractivity contribution >= 4 is 21.8 Å². The number of sulfone groups is 1. The number of carbonyl (C=O) groups is 1. The van der Waals surface area contributed by atoms with Gasteiger partial charge in [0.2, 0.25) is 5.91 Å². The van der Waals surface area contributed by atoms with Crippen LogP contribution >= 0.6 is 0 Å². The Labute approximate surface area is 206 Å². The van der Waals surface area contributed by atoms with Gasteiger partial charge < -0.3 is 4.90 Å². The fraction of sp³-hybridized carbons (Fsp3) is 0.333. The molecule has 1 unspecified atom stereocenters. The number of aromatic nitrogens is 2. The summed E-state index contributed by atoms with van der Waals surface area (Å²) < 4.78 is 25.5. The smallest absolute Gasteiger partial charge is 0.246 e. The average Bonchev–Trinajstić information content (AvgIpc) is 3.47.